The molecule has 0 unspecified atom stereocenters. The van der Waals surface area contributed by atoms with Gasteiger partial charge in [0.2, 0.25) is 5.56 Å². The summed E-state index contributed by atoms with van der Waals surface area (Å²) < 4.78 is 0. The third-order valence-corrected chi connectivity index (χ3v) is 4.34. The van der Waals surface area contributed by atoms with Crippen molar-refractivity contribution in [3.05, 3.63) is 34.2 Å². The van der Waals surface area contributed by atoms with Crippen LogP contribution in [0.5, 0.6) is 0 Å². The summed E-state index contributed by atoms with van der Waals surface area (Å²) in [6.07, 6.45) is 6.25. The number of carbonyl (C=O) groups excluding carboxylic acids is 1. The first kappa shape index (κ1) is 13.4. The van der Waals surface area contributed by atoms with Gasteiger partial charge in [-0.15, -0.1) is 0 Å². The number of likely N-dealkylation sites (tertiary alicyclic amines) is 2. The number of H-pyrrole nitrogens is 1. The lowest BCUT2D eigenvalue weighted by Gasteiger charge is -2.28. The minimum atomic E-state index is -0.170. The van der Waals surface area contributed by atoms with Gasteiger partial charge < -0.3 is 14.8 Å². The number of carbonyl (C=O) groups is 1. The highest BCUT2D eigenvalue weighted by molar-refractivity contribution is 5.94. The molecule has 1 aromatic heterocycles. The smallest absolute Gasteiger partial charge is 0.255 e. The van der Waals surface area contributed by atoms with Crippen molar-refractivity contribution in [2.45, 2.75) is 31.7 Å². The first-order chi connectivity index (χ1) is 9.74. The van der Waals surface area contributed by atoms with Crippen LogP contribution in [0.3, 0.4) is 0 Å². The molecule has 1 amide bonds. The van der Waals surface area contributed by atoms with Crippen LogP contribution in [0.2, 0.25) is 0 Å². The van der Waals surface area contributed by atoms with Gasteiger partial charge in [-0.25, -0.2) is 0 Å². The second kappa shape index (κ2) is 5.79. The molecule has 0 saturated carbocycles. The van der Waals surface area contributed by atoms with Crippen LogP contribution in [-0.2, 0) is 0 Å². The Bertz CT molecular complexity index is 514. The summed E-state index contributed by atoms with van der Waals surface area (Å²) in [7, 11) is 0. The van der Waals surface area contributed by atoms with Gasteiger partial charge in [-0.1, -0.05) is 0 Å². The Balaban J connectivity index is 1.69. The number of nitrogens with zero attached hydrogens (tertiary/aromatic N) is 2. The lowest BCUT2D eigenvalue weighted by Crippen LogP contribution is -2.42. The standard InChI is InChI=1S/C15H21N3O2/c19-14-6-5-12(10-16-14)15(20)18-9-3-4-13(18)11-17-7-1-2-8-17/h5-6,10,13H,1-4,7-9,11H2,(H,16,19)/t13-/m1/s1. The molecule has 2 saturated heterocycles. The maximum Gasteiger partial charge on any atom is 0.255 e. The van der Waals surface area contributed by atoms with Crippen LogP contribution < -0.4 is 5.56 Å². The fourth-order valence-electron chi connectivity index (χ4n) is 3.27. The molecule has 0 radical (unpaired) electrons. The molecule has 3 heterocycles. The third-order valence-electron chi connectivity index (χ3n) is 4.34. The van der Waals surface area contributed by atoms with Crippen molar-refractivity contribution < 1.29 is 4.79 Å². The van der Waals surface area contributed by atoms with Gasteiger partial charge in [0.05, 0.1) is 5.56 Å². The minimum Gasteiger partial charge on any atom is -0.334 e. The number of nitrogens with one attached hydrogen (secondary N) is 1. The average Bonchev–Trinajstić information content (AvgIpc) is 3.11. The van der Waals surface area contributed by atoms with E-state index in [1.807, 2.05) is 4.90 Å². The fourth-order valence-corrected chi connectivity index (χ4v) is 3.27. The van der Waals surface area contributed by atoms with E-state index in [0.29, 0.717) is 11.6 Å². The number of hydrogen-bond acceptors (Lipinski definition) is 3. The average molecular weight is 275 g/mol. The Morgan fingerprint density at radius 1 is 1.20 bits per heavy atom. The number of pyridine rings is 1. The van der Waals surface area contributed by atoms with Crippen LogP contribution in [0.25, 0.3) is 0 Å². The molecule has 2 aliphatic heterocycles. The van der Waals surface area contributed by atoms with Gasteiger partial charge in [-0.2, -0.15) is 0 Å². The first-order valence-electron chi connectivity index (χ1n) is 7.46. The van der Waals surface area contributed by atoms with Crippen LogP contribution in [0.4, 0.5) is 0 Å². The third kappa shape index (κ3) is 2.77. The maximum atomic E-state index is 12.5. The van der Waals surface area contributed by atoms with Gasteiger partial charge in [0, 0.05) is 31.4 Å². The monoisotopic (exact) mass is 275 g/mol. The fraction of sp³-hybridized carbons (Fsp3) is 0.600. The van der Waals surface area contributed by atoms with E-state index < -0.39 is 0 Å². The SMILES string of the molecule is O=C(c1ccc(=O)[nH]c1)N1CCC[C@@H]1CN1CCCC1. The minimum absolute atomic E-state index is 0.0444. The summed E-state index contributed by atoms with van der Waals surface area (Å²) in [6, 6.07) is 3.36. The highest BCUT2D eigenvalue weighted by Gasteiger charge is 2.31. The van der Waals surface area contributed by atoms with Crippen molar-refractivity contribution in [3.8, 4) is 0 Å². The molecule has 5 heteroatoms. The van der Waals surface area contributed by atoms with Gasteiger partial charge in [0.1, 0.15) is 0 Å². The van der Waals surface area contributed by atoms with E-state index in [-0.39, 0.29) is 11.5 Å². The van der Waals surface area contributed by atoms with Crippen molar-refractivity contribution in [3.63, 3.8) is 0 Å². The summed E-state index contributed by atoms with van der Waals surface area (Å²) in [5.41, 5.74) is 0.412. The predicted molar refractivity (Wildman–Crippen MR) is 76.8 cm³/mol. The second-order valence-electron chi connectivity index (χ2n) is 5.74. The quantitative estimate of drug-likeness (QED) is 0.898. The first-order valence-corrected chi connectivity index (χ1v) is 7.46. The van der Waals surface area contributed by atoms with Gasteiger partial charge in [0.15, 0.2) is 0 Å². The second-order valence-corrected chi connectivity index (χ2v) is 5.74. The van der Waals surface area contributed by atoms with Crippen LogP contribution in [0.15, 0.2) is 23.1 Å². The molecule has 108 valence electrons. The molecule has 0 aromatic carbocycles. The Hall–Kier alpha value is -1.62. The topological polar surface area (TPSA) is 56.4 Å². The van der Waals surface area contributed by atoms with E-state index in [1.54, 1.807) is 6.07 Å². The summed E-state index contributed by atoms with van der Waals surface area (Å²) in [4.78, 5) is 30.6. The Morgan fingerprint density at radius 2 is 2.00 bits per heavy atom. The summed E-state index contributed by atoms with van der Waals surface area (Å²) in [6.45, 7) is 4.15. The zero-order chi connectivity index (χ0) is 13.9. The zero-order valence-corrected chi connectivity index (χ0v) is 11.7. The van der Waals surface area contributed by atoms with Crippen LogP contribution in [0, 0.1) is 0 Å². The van der Waals surface area contributed by atoms with E-state index in [0.717, 1.165) is 39.0 Å². The predicted octanol–water partition coefficient (Wildman–Crippen LogP) is 1.08. The molecule has 0 aliphatic carbocycles. The van der Waals surface area contributed by atoms with E-state index in [2.05, 4.69) is 9.88 Å². The molecular formula is C15H21N3O2. The number of aromatic nitrogens is 1. The van der Waals surface area contributed by atoms with Gasteiger partial charge in [0.25, 0.3) is 5.91 Å². The number of hydrogen-bond donors (Lipinski definition) is 1. The molecule has 20 heavy (non-hydrogen) atoms. The maximum absolute atomic E-state index is 12.5. The molecule has 0 spiro atoms. The van der Waals surface area contributed by atoms with Crippen LogP contribution >= 0.6 is 0 Å². The Morgan fingerprint density at radius 3 is 2.70 bits per heavy atom. The molecular weight excluding hydrogens is 254 g/mol. The summed E-state index contributed by atoms with van der Waals surface area (Å²) in [5.74, 6) is 0.0444. The molecule has 1 aromatic rings. The largest absolute Gasteiger partial charge is 0.334 e. The van der Waals surface area contributed by atoms with E-state index in [9.17, 15) is 9.59 Å². The van der Waals surface area contributed by atoms with Gasteiger partial charge >= 0.3 is 0 Å². The van der Waals surface area contributed by atoms with E-state index in [4.69, 9.17) is 0 Å². The Labute approximate surface area is 118 Å². The van der Waals surface area contributed by atoms with Crippen LogP contribution in [0.1, 0.15) is 36.0 Å². The Kier molecular flexibility index (Phi) is 3.87. The lowest BCUT2D eigenvalue weighted by molar-refractivity contribution is 0.0708. The van der Waals surface area contributed by atoms with Crippen molar-refractivity contribution in [2.24, 2.45) is 0 Å². The van der Waals surface area contributed by atoms with Gasteiger partial charge in [-0.05, 0) is 44.8 Å². The highest BCUT2D eigenvalue weighted by Crippen LogP contribution is 2.22. The van der Waals surface area contributed by atoms with Crippen LogP contribution in [-0.4, -0.2) is 52.9 Å². The molecule has 1 N–H and O–H groups in total. The molecule has 2 aliphatic rings. The molecule has 2 fully saturated rings. The summed E-state index contributed by atoms with van der Waals surface area (Å²) >= 11 is 0. The normalized spacial score (nSPS) is 23.4. The number of amides is 1. The lowest BCUT2D eigenvalue weighted by atomic mass is 10.2. The molecule has 1 atom stereocenters. The molecule has 0 bridgehead atoms. The number of rotatable bonds is 3. The van der Waals surface area contributed by atoms with Gasteiger partial charge in [-0.3, -0.25) is 9.59 Å². The molecule has 5 nitrogen and oxygen atoms in total. The summed E-state index contributed by atoms with van der Waals surface area (Å²) in [5, 5.41) is 0. The highest BCUT2D eigenvalue weighted by atomic mass is 16.2. The van der Waals surface area contributed by atoms with E-state index >= 15 is 0 Å². The van der Waals surface area contributed by atoms with Crippen molar-refractivity contribution in [1.29, 1.82) is 0 Å². The van der Waals surface area contributed by atoms with E-state index in [1.165, 1.54) is 25.1 Å². The van der Waals surface area contributed by atoms with Crippen molar-refractivity contribution >= 4 is 5.91 Å². The molecule has 3 rings (SSSR count). The van der Waals surface area contributed by atoms with Crippen molar-refractivity contribution in [1.82, 2.24) is 14.8 Å². The van der Waals surface area contributed by atoms with Crippen molar-refractivity contribution in [2.75, 3.05) is 26.2 Å². The number of aromatic amines is 1. The zero-order valence-electron chi connectivity index (χ0n) is 11.7.